The summed E-state index contributed by atoms with van der Waals surface area (Å²) in [5, 5.41) is 0.755. The molecule has 0 aliphatic heterocycles. The first-order chi connectivity index (χ1) is 10.3. The van der Waals surface area contributed by atoms with Crippen LogP contribution < -0.4 is 11.3 Å². The molecule has 1 heterocycles. The highest BCUT2D eigenvalue weighted by atomic mass is 16.5. The average Bonchev–Trinajstić information content (AvgIpc) is 2.88. The number of nitrogen functional groups attached to an aromatic ring is 1. The van der Waals surface area contributed by atoms with Crippen molar-refractivity contribution in [3.63, 3.8) is 0 Å². The quantitative estimate of drug-likeness (QED) is 0.339. The van der Waals surface area contributed by atoms with E-state index in [1.165, 1.54) is 12.8 Å². The molecule has 0 unspecified atom stereocenters. The number of amides is 1. The van der Waals surface area contributed by atoms with Crippen molar-refractivity contribution in [2.24, 2.45) is 5.84 Å². The number of carbonyl (C=O) groups excluding carboxylic acids is 1. The summed E-state index contributed by atoms with van der Waals surface area (Å²) in [7, 11) is 0. The van der Waals surface area contributed by atoms with Gasteiger partial charge in [-0.25, -0.2) is 5.84 Å². The molecule has 5 heteroatoms. The molecule has 0 saturated heterocycles. The van der Waals surface area contributed by atoms with Gasteiger partial charge in [0.25, 0.3) is 5.91 Å². The average molecular weight is 290 g/mol. The third-order valence-corrected chi connectivity index (χ3v) is 3.40. The molecule has 1 amide bonds. The van der Waals surface area contributed by atoms with Crippen molar-refractivity contribution < 1.29 is 13.9 Å². The number of ether oxygens (including phenoxy) is 1. The Morgan fingerprint density at radius 2 is 2.10 bits per heavy atom. The summed E-state index contributed by atoms with van der Waals surface area (Å²) >= 11 is 0. The number of furan rings is 1. The van der Waals surface area contributed by atoms with Crippen molar-refractivity contribution in [3.8, 4) is 0 Å². The van der Waals surface area contributed by atoms with E-state index in [1.807, 2.05) is 24.3 Å². The van der Waals surface area contributed by atoms with Gasteiger partial charge in [0.15, 0.2) is 0 Å². The zero-order valence-corrected chi connectivity index (χ0v) is 12.4. The summed E-state index contributed by atoms with van der Waals surface area (Å²) < 4.78 is 11.3. The number of carbonyl (C=O) groups is 1. The summed E-state index contributed by atoms with van der Waals surface area (Å²) in [5.74, 6) is 5.42. The lowest BCUT2D eigenvalue weighted by Gasteiger charge is -2.04. The number of hydrogen-bond donors (Lipinski definition) is 2. The number of fused-ring (bicyclic) bond motifs is 1. The number of unbranched alkanes of at least 4 members (excludes halogenated alkanes) is 3. The normalized spacial score (nSPS) is 11.0. The fourth-order valence-electron chi connectivity index (χ4n) is 2.31. The van der Waals surface area contributed by atoms with E-state index in [4.69, 9.17) is 15.0 Å². The molecule has 0 saturated carbocycles. The highest BCUT2D eigenvalue weighted by Crippen LogP contribution is 2.26. The number of nitrogens with one attached hydrogen (secondary N) is 1. The van der Waals surface area contributed by atoms with Crippen molar-refractivity contribution in [3.05, 3.63) is 35.6 Å². The molecule has 0 spiro atoms. The highest BCUT2D eigenvalue weighted by Gasteiger charge is 2.19. The smallest absolute Gasteiger partial charge is 0.269 e. The van der Waals surface area contributed by atoms with Crippen LogP contribution in [0.5, 0.6) is 0 Å². The minimum absolute atomic E-state index is 0.281. The summed E-state index contributed by atoms with van der Waals surface area (Å²) in [5.41, 5.74) is 3.29. The monoisotopic (exact) mass is 290 g/mol. The van der Waals surface area contributed by atoms with Gasteiger partial charge in [-0.1, -0.05) is 44.4 Å². The van der Waals surface area contributed by atoms with Crippen molar-refractivity contribution in [2.75, 3.05) is 6.61 Å². The Kier molecular flexibility index (Phi) is 5.78. The molecule has 3 N–H and O–H groups in total. The van der Waals surface area contributed by atoms with Crippen LogP contribution in [0.2, 0.25) is 0 Å². The van der Waals surface area contributed by atoms with Crippen LogP contribution in [0.25, 0.3) is 11.0 Å². The number of hydrazine groups is 1. The van der Waals surface area contributed by atoms with Gasteiger partial charge in [-0.05, 0) is 12.5 Å². The van der Waals surface area contributed by atoms with Crippen LogP contribution in [0.3, 0.4) is 0 Å². The van der Waals surface area contributed by atoms with Crippen molar-refractivity contribution >= 4 is 16.9 Å². The highest BCUT2D eigenvalue weighted by molar-refractivity contribution is 6.06. The van der Waals surface area contributed by atoms with Crippen molar-refractivity contribution in [2.45, 2.75) is 39.2 Å². The van der Waals surface area contributed by atoms with Gasteiger partial charge in [-0.15, -0.1) is 0 Å². The number of hydrogen-bond acceptors (Lipinski definition) is 4. The Labute approximate surface area is 124 Å². The molecule has 114 valence electrons. The minimum atomic E-state index is -0.357. The molecule has 0 aliphatic rings. The van der Waals surface area contributed by atoms with E-state index in [0.717, 1.165) is 18.2 Å². The predicted octanol–water partition coefficient (Wildman–Crippen LogP) is 3.13. The molecule has 0 radical (unpaired) electrons. The van der Waals surface area contributed by atoms with Gasteiger partial charge in [0, 0.05) is 12.0 Å². The molecule has 0 atom stereocenters. The summed E-state index contributed by atoms with van der Waals surface area (Å²) in [6.45, 7) is 3.12. The van der Waals surface area contributed by atoms with Crippen LogP contribution >= 0.6 is 0 Å². The summed E-state index contributed by atoms with van der Waals surface area (Å²) in [4.78, 5) is 11.9. The predicted molar refractivity (Wildman–Crippen MR) is 81.7 cm³/mol. The van der Waals surface area contributed by atoms with Crippen LogP contribution in [-0.4, -0.2) is 12.5 Å². The van der Waals surface area contributed by atoms with Gasteiger partial charge < -0.3 is 9.15 Å². The van der Waals surface area contributed by atoms with E-state index in [9.17, 15) is 4.79 Å². The molecular weight excluding hydrogens is 268 g/mol. The molecule has 2 rings (SSSR count). The lowest BCUT2D eigenvalue weighted by molar-refractivity contribution is 0.0914. The van der Waals surface area contributed by atoms with Gasteiger partial charge in [-0.3, -0.25) is 10.2 Å². The first kappa shape index (κ1) is 15.5. The van der Waals surface area contributed by atoms with E-state index >= 15 is 0 Å². The Hall–Kier alpha value is -1.85. The largest absolute Gasteiger partial charge is 0.458 e. The maximum atomic E-state index is 11.9. The first-order valence-electron chi connectivity index (χ1n) is 7.37. The topological polar surface area (TPSA) is 77.5 Å². The second-order valence-corrected chi connectivity index (χ2v) is 4.98. The van der Waals surface area contributed by atoms with Gasteiger partial charge in [0.1, 0.15) is 18.0 Å². The SMILES string of the molecule is CCCCCCOCc1oc2ccccc2c1C(=O)NN. The fourth-order valence-corrected chi connectivity index (χ4v) is 2.31. The second-order valence-electron chi connectivity index (χ2n) is 4.98. The molecule has 1 aromatic carbocycles. The third-order valence-electron chi connectivity index (χ3n) is 3.40. The van der Waals surface area contributed by atoms with Crippen molar-refractivity contribution in [1.82, 2.24) is 5.43 Å². The van der Waals surface area contributed by atoms with Crippen molar-refractivity contribution in [1.29, 1.82) is 0 Å². The van der Waals surface area contributed by atoms with E-state index in [0.29, 0.717) is 23.5 Å². The number of nitrogens with two attached hydrogens (primary N) is 1. The molecule has 0 aliphatic carbocycles. The Morgan fingerprint density at radius 3 is 2.86 bits per heavy atom. The van der Waals surface area contributed by atoms with Crippen LogP contribution in [-0.2, 0) is 11.3 Å². The molecule has 0 fully saturated rings. The lowest BCUT2D eigenvalue weighted by atomic mass is 10.1. The Morgan fingerprint density at radius 1 is 1.29 bits per heavy atom. The molecule has 5 nitrogen and oxygen atoms in total. The molecule has 21 heavy (non-hydrogen) atoms. The number of para-hydroxylation sites is 1. The van der Waals surface area contributed by atoms with Crippen LogP contribution in [0.4, 0.5) is 0 Å². The number of benzene rings is 1. The summed E-state index contributed by atoms with van der Waals surface area (Å²) in [6.07, 6.45) is 4.60. The van der Waals surface area contributed by atoms with E-state index in [-0.39, 0.29) is 12.5 Å². The van der Waals surface area contributed by atoms with Crippen LogP contribution in [0, 0.1) is 0 Å². The second kappa shape index (κ2) is 7.81. The molecular formula is C16H22N2O3. The molecule has 2 aromatic rings. The zero-order chi connectivity index (χ0) is 15.1. The summed E-state index contributed by atoms with van der Waals surface area (Å²) in [6, 6.07) is 7.40. The fraction of sp³-hybridized carbons (Fsp3) is 0.438. The Balaban J connectivity index is 2.06. The van der Waals surface area contributed by atoms with Crippen LogP contribution in [0.1, 0.15) is 48.7 Å². The minimum Gasteiger partial charge on any atom is -0.458 e. The maximum Gasteiger partial charge on any atom is 0.269 e. The van der Waals surface area contributed by atoms with E-state index in [2.05, 4.69) is 12.3 Å². The van der Waals surface area contributed by atoms with E-state index in [1.54, 1.807) is 0 Å². The van der Waals surface area contributed by atoms with Gasteiger partial charge >= 0.3 is 0 Å². The third kappa shape index (κ3) is 3.83. The maximum absolute atomic E-state index is 11.9. The lowest BCUT2D eigenvalue weighted by Crippen LogP contribution is -2.30. The van der Waals surface area contributed by atoms with Crippen LogP contribution in [0.15, 0.2) is 28.7 Å². The molecule has 0 bridgehead atoms. The van der Waals surface area contributed by atoms with Gasteiger partial charge in [0.2, 0.25) is 0 Å². The molecule has 1 aromatic heterocycles. The Bertz CT molecular complexity index is 592. The first-order valence-corrected chi connectivity index (χ1v) is 7.37. The van der Waals surface area contributed by atoms with Gasteiger partial charge in [-0.2, -0.15) is 0 Å². The number of rotatable bonds is 8. The van der Waals surface area contributed by atoms with Gasteiger partial charge in [0.05, 0.1) is 5.56 Å². The standard InChI is InChI=1S/C16H22N2O3/c1-2-3-4-7-10-20-11-14-15(16(19)18-17)12-8-5-6-9-13(12)21-14/h5-6,8-9H,2-4,7,10-11,17H2,1H3,(H,18,19). The van der Waals surface area contributed by atoms with E-state index < -0.39 is 0 Å². The zero-order valence-electron chi connectivity index (χ0n) is 12.4.